The van der Waals surface area contributed by atoms with Gasteiger partial charge in [0, 0.05) is 11.6 Å². The standard InChI is InChI=1S/C21H23NO2/c1-3-24-15-9-7-14(8-10-15)21-18-6-4-5-17(18)19-13-16(23-2)11-12-20(19)22-21/h4-5,7-13,17-18,21-22H,3,6H2,1-2H3. The van der Waals surface area contributed by atoms with Crippen LogP contribution < -0.4 is 14.8 Å². The van der Waals surface area contributed by atoms with Gasteiger partial charge in [-0.15, -0.1) is 0 Å². The summed E-state index contributed by atoms with van der Waals surface area (Å²) in [6.07, 6.45) is 5.77. The summed E-state index contributed by atoms with van der Waals surface area (Å²) in [4.78, 5) is 0. The maximum absolute atomic E-state index is 5.57. The lowest BCUT2D eigenvalue weighted by atomic mass is 9.77. The molecule has 1 aliphatic heterocycles. The first-order valence-electron chi connectivity index (χ1n) is 8.64. The summed E-state index contributed by atoms with van der Waals surface area (Å²) in [6, 6.07) is 15.2. The second kappa shape index (κ2) is 6.23. The van der Waals surface area contributed by atoms with Crippen LogP contribution >= 0.6 is 0 Å². The van der Waals surface area contributed by atoms with Crippen LogP contribution in [0, 0.1) is 5.92 Å². The Balaban J connectivity index is 1.68. The average Bonchev–Trinajstić information content (AvgIpc) is 3.12. The van der Waals surface area contributed by atoms with Gasteiger partial charge in [-0.2, -0.15) is 0 Å². The first-order chi connectivity index (χ1) is 11.8. The Kier molecular flexibility index (Phi) is 3.93. The smallest absolute Gasteiger partial charge is 0.119 e. The van der Waals surface area contributed by atoms with Crippen molar-refractivity contribution < 1.29 is 9.47 Å². The van der Waals surface area contributed by atoms with Gasteiger partial charge in [-0.3, -0.25) is 0 Å². The molecule has 0 fully saturated rings. The van der Waals surface area contributed by atoms with Crippen molar-refractivity contribution in [1.29, 1.82) is 0 Å². The molecule has 1 heterocycles. The van der Waals surface area contributed by atoms with Crippen molar-refractivity contribution in [2.24, 2.45) is 5.92 Å². The van der Waals surface area contributed by atoms with Gasteiger partial charge in [0.25, 0.3) is 0 Å². The number of methoxy groups -OCH3 is 1. The fourth-order valence-corrected chi connectivity index (χ4v) is 3.97. The molecule has 24 heavy (non-hydrogen) atoms. The molecular weight excluding hydrogens is 298 g/mol. The van der Waals surface area contributed by atoms with Crippen LogP contribution in [0.4, 0.5) is 5.69 Å². The molecular formula is C21H23NO2. The molecule has 3 atom stereocenters. The lowest BCUT2D eigenvalue weighted by molar-refractivity contribution is 0.340. The SMILES string of the molecule is CCOc1ccc(C2Nc3ccc(OC)cc3C3C=CCC32)cc1. The van der Waals surface area contributed by atoms with Crippen LogP contribution in [0.25, 0.3) is 0 Å². The van der Waals surface area contributed by atoms with E-state index in [1.165, 1.54) is 16.8 Å². The van der Waals surface area contributed by atoms with Crippen LogP contribution in [-0.2, 0) is 0 Å². The number of fused-ring (bicyclic) bond motifs is 3. The molecule has 3 nitrogen and oxygen atoms in total. The average molecular weight is 321 g/mol. The van der Waals surface area contributed by atoms with E-state index in [0.29, 0.717) is 24.5 Å². The van der Waals surface area contributed by atoms with Gasteiger partial charge < -0.3 is 14.8 Å². The number of hydrogen-bond donors (Lipinski definition) is 1. The van der Waals surface area contributed by atoms with Gasteiger partial charge >= 0.3 is 0 Å². The second-order valence-electron chi connectivity index (χ2n) is 6.43. The molecule has 2 aromatic rings. The van der Waals surface area contributed by atoms with Crippen molar-refractivity contribution in [1.82, 2.24) is 0 Å². The molecule has 1 aliphatic carbocycles. The number of benzene rings is 2. The zero-order chi connectivity index (χ0) is 16.5. The molecule has 1 N–H and O–H groups in total. The van der Waals surface area contributed by atoms with E-state index in [9.17, 15) is 0 Å². The highest BCUT2D eigenvalue weighted by Gasteiger charge is 2.37. The molecule has 0 bridgehead atoms. The minimum atomic E-state index is 0.321. The molecule has 0 saturated heterocycles. The van der Waals surface area contributed by atoms with Crippen LogP contribution in [-0.4, -0.2) is 13.7 Å². The predicted octanol–water partition coefficient (Wildman–Crippen LogP) is 4.92. The molecule has 2 aliphatic rings. The molecule has 3 unspecified atom stereocenters. The van der Waals surface area contributed by atoms with Gasteiger partial charge in [-0.05, 0) is 60.7 Å². The molecule has 0 spiro atoms. The molecule has 2 aromatic carbocycles. The molecule has 0 amide bonds. The number of nitrogens with one attached hydrogen (secondary N) is 1. The monoisotopic (exact) mass is 321 g/mol. The number of hydrogen-bond acceptors (Lipinski definition) is 3. The van der Waals surface area contributed by atoms with E-state index in [1.807, 2.05) is 13.0 Å². The lowest BCUT2D eigenvalue weighted by Crippen LogP contribution is -2.29. The maximum atomic E-state index is 5.57. The molecule has 0 radical (unpaired) electrons. The topological polar surface area (TPSA) is 30.5 Å². The first-order valence-corrected chi connectivity index (χ1v) is 8.64. The predicted molar refractivity (Wildman–Crippen MR) is 97.0 cm³/mol. The van der Waals surface area contributed by atoms with Gasteiger partial charge in [-0.25, -0.2) is 0 Å². The number of anilines is 1. The molecule has 124 valence electrons. The summed E-state index contributed by atoms with van der Waals surface area (Å²) in [7, 11) is 1.72. The second-order valence-corrected chi connectivity index (χ2v) is 6.43. The van der Waals surface area contributed by atoms with Gasteiger partial charge in [0.2, 0.25) is 0 Å². The normalized spacial score (nSPS) is 24.0. The minimum Gasteiger partial charge on any atom is -0.497 e. The van der Waals surface area contributed by atoms with Crippen LogP contribution in [0.15, 0.2) is 54.6 Å². The maximum Gasteiger partial charge on any atom is 0.119 e. The van der Waals surface area contributed by atoms with Crippen LogP contribution in [0.5, 0.6) is 11.5 Å². The van der Waals surface area contributed by atoms with E-state index >= 15 is 0 Å². The highest BCUT2D eigenvalue weighted by molar-refractivity contribution is 5.61. The van der Waals surface area contributed by atoms with Crippen molar-refractivity contribution in [3.63, 3.8) is 0 Å². The highest BCUT2D eigenvalue weighted by atomic mass is 16.5. The zero-order valence-electron chi connectivity index (χ0n) is 14.2. The largest absolute Gasteiger partial charge is 0.497 e. The molecule has 4 rings (SSSR count). The Morgan fingerprint density at radius 2 is 1.88 bits per heavy atom. The first kappa shape index (κ1) is 15.1. The number of ether oxygens (including phenoxy) is 2. The summed E-state index contributed by atoms with van der Waals surface area (Å²) in [5.74, 6) is 2.85. The van der Waals surface area contributed by atoms with Crippen LogP contribution in [0.1, 0.15) is 36.4 Å². The Labute approximate surface area is 143 Å². The quantitative estimate of drug-likeness (QED) is 0.811. The van der Waals surface area contributed by atoms with Gasteiger partial charge in [0.05, 0.1) is 19.8 Å². The van der Waals surface area contributed by atoms with Gasteiger partial charge in [0.15, 0.2) is 0 Å². The summed E-state index contributed by atoms with van der Waals surface area (Å²) < 4.78 is 11.0. The molecule has 0 saturated carbocycles. The van der Waals surface area contributed by atoms with Crippen molar-refractivity contribution >= 4 is 5.69 Å². The third-order valence-electron chi connectivity index (χ3n) is 5.12. The van der Waals surface area contributed by atoms with E-state index in [2.05, 4.69) is 53.9 Å². The van der Waals surface area contributed by atoms with Crippen LogP contribution in [0.2, 0.25) is 0 Å². The van der Waals surface area contributed by atoms with Crippen molar-refractivity contribution in [3.8, 4) is 11.5 Å². The minimum absolute atomic E-state index is 0.321. The summed E-state index contributed by atoms with van der Waals surface area (Å²) in [6.45, 7) is 2.71. The Morgan fingerprint density at radius 3 is 2.62 bits per heavy atom. The zero-order valence-corrected chi connectivity index (χ0v) is 14.2. The van der Waals surface area contributed by atoms with Crippen molar-refractivity contribution in [2.75, 3.05) is 19.0 Å². The fraction of sp³-hybridized carbons (Fsp3) is 0.333. The summed E-state index contributed by atoms with van der Waals surface area (Å²) in [5.41, 5.74) is 3.87. The van der Waals surface area contributed by atoms with Gasteiger partial charge in [0.1, 0.15) is 11.5 Å². The molecule has 3 heteroatoms. The lowest BCUT2D eigenvalue weighted by Gasteiger charge is -2.37. The van der Waals surface area contributed by atoms with E-state index < -0.39 is 0 Å². The number of allylic oxidation sites excluding steroid dienone is 2. The van der Waals surface area contributed by atoms with E-state index in [1.54, 1.807) is 7.11 Å². The molecule has 0 aromatic heterocycles. The van der Waals surface area contributed by atoms with Gasteiger partial charge in [-0.1, -0.05) is 24.3 Å². The van der Waals surface area contributed by atoms with Crippen LogP contribution in [0.3, 0.4) is 0 Å². The fourth-order valence-electron chi connectivity index (χ4n) is 3.97. The van der Waals surface area contributed by atoms with E-state index in [4.69, 9.17) is 9.47 Å². The third-order valence-corrected chi connectivity index (χ3v) is 5.12. The Morgan fingerprint density at radius 1 is 1.08 bits per heavy atom. The summed E-state index contributed by atoms with van der Waals surface area (Å²) in [5, 5.41) is 3.75. The Hall–Kier alpha value is -2.42. The number of rotatable bonds is 4. The highest BCUT2D eigenvalue weighted by Crippen LogP contribution is 2.50. The van der Waals surface area contributed by atoms with Crippen molar-refractivity contribution in [2.45, 2.75) is 25.3 Å². The van der Waals surface area contributed by atoms with E-state index in [-0.39, 0.29) is 0 Å². The summed E-state index contributed by atoms with van der Waals surface area (Å²) >= 11 is 0. The van der Waals surface area contributed by atoms with Crippen molar-refractivity contribution in [3.05, 3.63) is 65.7 Å². The third kappa shape index (κ3) is 2.54. The van der Waals surface area contributed by atoms with E-state index in [0.717, 1.165) is 17.9 Å². The Bertz CT molecular complexity index is 751.